The molecule has 7 nitrogen and oxygen atoms in total. The van der Waals surface area contributed by atoms with Crippen LogP contribution in [0.2, 0.25) is 0 Å². The second-order valence-corrected chi connectivity index (χ2v) is 19.8. The second kappa shape index (κ2) is 45.0. The van der Waals surface area contributed by atoms with Crippen molar-refractivity contribution in [3.05, 3.63) is 0 Å². The molecule has 1 fully saturated rings. The summed E-state index contributed by atoms with van der Waals surface area (Å²) in [4.78, 5) is 30.5. The fraction of sp³-hybridized carbons (Fsp3) is 0.964. The molecular weight excluding hydrogens is 769 g/mol. The fourth-order valence-corrected chi connectivity index (χ4v) is 9.70. The smallest absolute Gasteiger partial charge is 0.305 e. The highest BCUT2D eigenvalue weighted by Crippen LogP contribution is 2.23. The van der Waals surface area contributed by atoms with Crippen LogP contribution in [-0.2, 0) is 19.1 Å². The summed E-state index contributed by atoms with van der Waals surface area (Å²) in [7, 11) is 0. The van der Waals surface area contributed by atoms with Crippen molar-refractivity contribution in [2.45, 2.75) is 278 Å². The molecule has 0 saturated carbocycles. The van der Waals surface area contributed by atoms with Crippen LogP contribution in [0.3, 0.4) is 0 Å². The number of nitrogens with zero attached hydrogens (tertiary/aromatic N) is 2. The Morgan fingerprint density at radius 3 is 1.23 bits per heavy atom. The Morgan fingerprint density at radius 2 is 0.839 bits per heavy atom. The van der Waals surface area contributed by atoms with E-state index in [4.69, 9.17) is 9.47 Å². The standard InChI is InChI=1S/C55H108N2O5/c1-5-9-13-17-21-27-35-51(36-28-22-18-14-10-6-2)49-61-54(59)39-31-25-33-43-56-45-41-53(42-46-56)57(47-48-58)44-34-26-32-40-55(60)62-50-52(37-29-23-19-15-11-7-3)38-30-24-20-16-12-8-4/h51-53,58H,5-50H2,1-4H3. The first-order chi connectivity index (χ1) is 30.5. The van der Waals surface area contributed by atoms with Crippen molar-refractivity contribution in [3.8, 4) is 0 Å². The average Bonchev–Trinajstić information content (AvgIpc) is 3.28. The summed E-state index contributed by atoms with van der Waals surface area (Å²) in [6.45, 7) is 15.6. The van der Waals surface area contributed by atoms with Crippen molar-refractivity contribution >= 4 is 11.9 Å². The van der Waals surface area contributed by atoms with Gasteiger partial charge in [-0.2, -0.15) is 0 Å². The van der Waals surface area contributed by atoms with Gasteiger partial charge in [0, 0.05) is 25.4 Å². The van der Waals surface area contributed by atoms with Gasteiger partial charge in [-0.15, -0.1) is 0 Å². The lowest BCUT2D eigenvalue weighted by molar-refractivity contribution is -0.146. The lowest BCUT2D eigenvalue weighted by Crippen LogP contribution is -2.46. The molecule has 0 aromatic rings. The Hall–Kier alpha value is -1.18. The molecule has 1 N–H and O–H groups in total. The number of hydrogen-bond acceptors (Lipinski definition) is 7. The van der Waals surface area contributed by atoms with Gasteiger partial charge in [0.1, 0.15) is 0 Å². The molecule has 1 aliphatic rings. The van der Waals surface area contributed by atoms with Crippen molar-refractivity contribution in [2.75, 3.05) is 52.5 Å². The number of esters is 2. The topological polar surface area (TPSA) is 79.3 Å². The van der Waals surface area contributed by atoms with E-state index in [-0.39, 0.29) is 18.5 Å². The molecule has 1 heterocycles. The Kier molecular flexibility index (Phi) is 42.7. The average molecular weight is 877 g/mol. The Balaban J connectivity index is 2.27. The molecule has 0 unspecified atom stereocenters. The number of aliphatic hydroxyl groups is 1. The van der Waals surface area contributed by atoms with Gasteiger partial charge in [-0.3, -0.25) is 14.5 Å². The van der Waals surface area contributed by atoms with Gasteiger partial charge >= 0.3 is 11.9 Å². The lowest BCUT2D eigenvalue weighted by atomic mass is 9.94. The van der Waals surface area contributed by atoms with Gasteiger partial charge in [-0.25, -0.2) is 0 Å². The van der Waals surface area contributed by atoms with Gasteiger partial charge in [-0.1, -0.05) is 195 Å². The highest BCUT2D eigenvalue weighted by atomic mass is 16.5. The van der Waals surface area contributed by atoms with Crippen LogP contribution in [-0.4, -0.2) is 85.4 Å². The van der Waals surface area contributed by atoms with E-state index in [0.29, 0.717) is 43.9 Å². The minimum absolute atomic E-state index is 0.00641. The first-order valence-corrected chi connectivity index (χ1v) is 27.9. The number of ether oxygens (including phenoxy) is 2. The quantitative estimate of drug-likeness (QED) is 0.0482. The minimum Gasteiger partial charge on any atom is -0.465 e. The molecule has 1 aliphatic heterocycles. The van der Waals surface area contributed by atoms with Crippen LogP contribution in [0.1, 0.15) is 272 Å². The molecule has 62 heavy (non-hydrogen) atoms. The largest absolute Gasteiger partial charge is 0.465 e. The highest BCUT2D eigenvalue weighted by molar-refractivity contribution is 5.69. The van der Waals surface area contributed by atoms with Crippen molar-refractivity contribution in [3.63, 3.8) is 0 Å². The second-order valence-electron chi connectivity index (χ2n) is 19.8. The number of likely N-dealkylation sites (tertiary alicyclic amines) is 1. The van der Waals surface area contributed by atoms with E-state index in [2.05, 4.69) is 37.5 Å². The molecule has 0 atom stereocenters. The van der Waals surface area contributed by atoms with Gasteiger partial charge in [-0.05, 0) is 102 Å². The van der Waals surface area contributed by atoms with Crippen molar-refractivity contribution in [2.24, 2.45) is 11.8 Å². The van der Waals surface area contributed by atoms with E-state index < -0.39 is 0 Å². The molecule has 0 amide bonds. The maximum Gasteiger partial charge on any atom is 0.305 e. The van der Waals surface area contributed by atoms with Gasteiger partial charge in [0.15, 0.2) is 0 Å². The van der Waals surface area contributed by atoms with Crippen LogP contribution in [0.4, 0.5) is 0 Å². The summed E-state index contributed by atoms with van der Waals surface area (Å²) in [5, 5.41) is 9.86. The van der Waals surface area contributed by atoms with E-state index in [9.17, 15) is 14.7 Å². The molecule has 7 heteroatoms. The van der Waals surface area contributed by atoms with E-state index >= 15 is 0 Å². The molecule has 0 bridgehead atoms. The third kappa shape index (κ3) is 36.1. The number of piperidine rings is 1. The molecule has 0 spiro atoms. The molecule has 0 aromatic carbocycles. The summed E-state index contributed by atoms with van der Waals surface area (Å²) in [5.74, 6) is 1.05. The third-order valence-corrected chi connectivity index (χ3v) is 14.0. The van der Waals surface area contributed by atoms with E-state index in [1.807, 2.05) is 0 Å². The van der Waals surface area contributed by atoms with Crippen LogP contribution in [0.5, 0.6) is 0 Å². The van der Waals surface area contributed by atoms with E-state index in [0.717, 1.165) is 84.1 Å². The molecule has 368 valence electrons. The first-order valence-electron chi connectivity index (χ1n) is 27.9. The third-order valence-electron chi connectivity index (χ3n) is 14.0. The summed E-state index contributed by atoms with van der Waals surface area (Å²) < 4.78 is 11.7. The number of rotatable bonds is 47. The molecule has 0 aliphatic carbocycles. The fourth-order valence-electron chi connectivity index (χ4n) is 9.70. The number of carbonyl (C=O) groups excluding carboxylic acids is 2. The highest BCUT2D eigenvalue weighted by Gasteiger charge is 2.24. The maximum absolute atomic E-state index is 12.7. The van der Waals surface area contributed by atoms with Crippen molar-refractivity contribution in [1.29, 1.82) is 0 Å². The molecule has 1 saturated heterocycles. The minimum atomic E-state index is -0.0123. The lowest BCUT2D eigenvalue weighted by Gasteiger charge is -2.38. The summed E-state index contributed by atoms with van der Waals surface area (Å²) >= 11 is 0. The Labute approximate surface area is 386 Å². The SMILES string of the molecule is CCCCCCCCC(CCCCCCCC)COC(=O)CCCCCN1CCC(N(CCO)CCCCCC(=O)OCC(CCCCCCCC)CCCCCCCC)CC1. The molecule has 0 aromatic heterocycles. The number of carbonyl (C=O) groups is 2. The molecule has 0 radical (unpaired) electrons. The van der Waals surface area contributed by atoms with Gasteiger partial charge < -0.3 is 19.5 Å². The predicted molar refractivity (Wildman–Crippen MR) is 266 cm³/mol. The Morgan fingerprint density at radius 1 is 0.484 bits per heavy atom. The van der Waals surface area contributed by atoms with Crippen LogP contribution < -0.4 is 0 Å². The van der Waals surface area contributed by atoms with Crippen LogP contribution in [0.15, 0.2) is 0 Å². The monoisotopic (exact) mass is 877 g/mol. The normalized spacial score (nSPS) is 13.9. The van der Waals surface area contributed by atoms with Crippen LogP contribution in [0.25, 0.3) is 0 Å². The number of hydrogen-bond donors (Lipinski definition) is 1. The molecule has 1 rings (SSSR count). The van der Waals surface area contributed by atoms with Gasteiger partial charge in [0.05, 0.1) is 19.8 Å². The predicted octanol–water partition coefficient (Wildman–Crippen LogP) is 15.2. The summed E-state index contributed by atoms with van der Waals surface area (Å²) in [6.07, 6.45) is 46.0. The van der Waals surface area contributed by atoms with Gasteiger partial charge in [0.25, 0.3) is 0 Å². The zero-order valence-electron chi connectivity index (χ0n) is 42.2. The summed E-state index contributed by atoms with van der Waals surface area (Å²) in [6, 6.07) is 0.527. The number of unbranched alkanes of at least 4 members (excludes halogenated alkanes) is 24. The van der Waals surface area contributed by atoms with E-state index in [1.54, 1.807) is 0 Å². The first kappa shape index (κ1) is 58.8. The van der Waals surface area contributed by atoms with Crippen LogP contribution in [0, 0.1) is 11.8 Å². The number of aliphatic hydroxyl groups excluding tert-OH is 1. The Bertz CT molecular complexity index is 924. The van der Waals surface area contributed by atoms with Gasteiger partial charge in [0.2, 0.25) is 0 Å². The zero-order valence-corrected chi connectivity index (χ0v) is 42.2. The van der Waals surface area contributed by atoms with Crippen molar-refractivity contribution < 1.29 is 24.2 Å². The summed E-state index contributed by atoms with van der Waals surface area (Å²) in [5.41, 5.74) is 0. The zero-order chi connectivity index (χ0) is 45.0. The van der Waals surface area contributed by atoms with E-state index in [1.165, 1.54) is 180 Å². The van der Waals surface area contributed by atoms with Crippen LogP contribution >= 0.6 is 0 Å². The maximum atomic E-state index is 12.7. The molecular formula is C55H108N2O5. The van der Waals surface area contributed by atoms with Crippen molar-refractivity contribution in [1.82, 2.24) is 9.80 Å².